The van der Waals surface area contributed by atoms with Gasteiger partial charge in [0.2, 0.25) is 0 Å². The normalized spacial score (nSPS) is 13.8. The van der Waals surface area contributed by atoms with Crippen molar-refractivity contribution in [1.29, 1.82) is 0 Å². The van der Waals surface area contributed by atoms with Gasteiger partial charge in [-0.15, -0.1) is 0 Å². The number of hydrogen-bond donors (Lipinski definition) is 1. The molecule has 4 rings (SSSR count). The third-order valence-corrected chi connectivity index (χ3v) is 6.70. The maximum absolute atomic E-state index is 14.9. The van der Waals surface area contributed by atoms with Crippen LogP contribution >= 0.6 is 0 Å². The number of ether oxygens (including phenoxy) is 2. The number of carboxylic acids is 1. The number of carbonyl (C=O) groups is 1. The fraction of sp³-hybridized carbons (Fsp3) is 0.344. The number of halogens is 2. The van der Waals surface area contributed by atoms with Crippen LogP contribution in [0.5, 0.6) is 11.5 Å². The lowest BCUT2D eigenvalue weighted by Gasteiger charge is -2.25. The van der Waals surface area contributed by atoms with Gasteiger partial charge in [0, 0.05) is 12.0 Å². The summed E-state index contributed by atoms with van der Waals surface area (Å²) < 4.78 is 40.5. The number of benzene rings is 3. The summed E-state index contributed by atoms with van der Waals surface area (Å²) >= 11 is 0. The van der Waals surface area contributed by atoms with Crippen LogP contribution in [0.2, 0.25) is 0 Å². The first kappa shape index (κ1) is 28.9. The number of aliphatic carboxylic acids is 1. The summed E-state index contributed by atoms with van der Waals surface area (Å²) in [5, 5.41) is 8.91. The Morgan fingerprint density at radius 1 is 0.921 bits per heavy atom. The zero-order valence-corrected chi connectivity index (χ0v) is 22.7. The molecule has 0 aliphatic heterocycles. The van der Waals surface area contributed by atoms with Gasteiger partial charge in [-0.2, -0.15) is 0 Å². The molecule has 6 heteroatoms. The Labute approximate surface area is 223 Å². The van der Waals surface area contributed by atoms with Gasteiger partial charge >= 0.3 is 5.97 Å². The molecule has 0 saturated heterocycles. The fourth-order valence-electron chi connectivity index (χ4n) is 4.67. The van der Waals surface area contributed by atoms with Crippen molar-refractivity contribution in [1.82, 2.24) is 0 Å². The van der Waals surface area contributed by atoms with Crippen LogP contribution < -0.4 is 9.47 Å². The standard InChI is InChI=1S/C30H30F2O4.C2H6/c1-30(2)14-4-5-25(30)23-15-20(6-10-22(23)24-17-21(35-3)9-12-26(24)31)18-36-28-16-19(7-11-27(28)32)8-13-29(33)34;1-2/h5-7,9-12,15-17H,4,8,13-14,18H2,1-3H3,(H,33,34);1-2H3. The topological polar surface area (TPSA) is 55.8 Å². The van der Waals surface area contributed by atoms with Gasteiger partial charge in [0.25, 0.3) is 0 Å². The number of aryl methyl sites for hydroxylation is 1. The summed E-state index contributed by atoms with van der Waals surface area (Å²) in [6.45, 7) is 8.47. The number of rotatable bonds is 9. The second kappa shape index (κ2) is 12.7. The first-order valence-electron chi connectivity index (χ1n) is 13.0. The molecule has 4 nitrogen and oxygen atoms in total. The van der Waals surface area contributed by atoms with Crippen molar-refractivity contribution in [2.24, 2.45) is 5.41 Å². The average molecular weight is 523 g/mol. The van der Waals surface area contributed by atoms with Crippen LogP contribution in [0.1, 0.15) is 63.6 Å². The number of methoxy groups -OCH3 is 1. The van der Waals surface area contributed by atoms with Crippen molar-refractivity contribution in [3.8, 4) is 22.6 Å². The molecule has 38 heavy (non-hydrogen) atoms. The molecule has 0 aromatic heterocycles. The number of carboxylic acid groups (broad SMARTS) is 1. The second-order valence-corrected chi connectivity index (χ2v) is 9.71. The van der Waals surface area contributed by atoms with Gasteiger partial charge in [-0.1, -0.05) is 52.0 Å². The van der Waals surface area contributed by atoms with Crippen LogP contribution in [0.15, 0.2) is 60.7 Å². The minimum absolute atomic E-state index is 0.0401. The minimum atomic E-state index is -0.911. The van der Waals surface area contributed by atoms with E-state index in [1.807, 2.05) is 32.0 Å². The first-order chi connectivity index (χ1) is 18.2. The Morgan fingerprint density at radius 2 is 1.63 bits per heavy atom. The first-order valence-corrected chi connectivity index (χ1v) is 13.0. The lowest BCUT2D eigenvalue weighted by molar-refractivity contribution is -0.136. The van der Waals surface area contributed by atoms with E-state index in [0.29, 0.717) is 23.3 Å². The average Bonchev–Trinajstić information content (AvgIpc) is 3.27. The predicted octanol–water partition coefficient (Wildman–Crippen LogP) is 8.47. The molecule has 1 N–H and O–H groups in total. The fourth-order valence-corrected chi connectivity index (χ4v) is 4.67. The van der Waals surface area contributed by atoms with E-state index >= 15 is 0 Å². The summed E-state index contributed by atoms with van der Waals surface area (Å²) in [5.41, 5.74) is 4.71. The van der Waals surface area contributed by atoms with E-state index in [2.05, 4.69) is 19.9 Å². The predicted molar refractivity (Wildman–Crippen MR) is 147 cm³/mol. The maximum Gasteiger partial charge on any atom is 0.303 e. The van der Waals surface area contributed by atoms with E-state index in [1.54, 1.807) is 31.4 Å². The SMILES string of the molecule is CC.COc1ccc(F)c(-c2ccc(COc3cc(CCC(=O)O)ccc3F)cc2C2=CCCC2(C)C)c1. The molecule has 0 heterocycles. The summed E-state index contributed by atoms with van der Waals surface area (Å²) in [6, 6.07) is 14.8. The smallest absolute Gasteiger partial charge is 0.303 e. The molecule has 0 bridgehead atoms. The zero-order chi connectivity index (χ0) is 27.9. The molecular weight excluding hydrogens is 486 g/mol. The Bertz CT molecular complexity index is 1310. The summed E-state index contributed by atoms with van der Waals surface area (Å²) in [5.74, 6) is -1.11. The summed E-state index contributed by atoms with van der Waals surface area (Å²) in [6.07, 6.45) is 4.39. The molecule has 1 aliphatic carbocycles. The van der Waals surface area contributed by atoms with Crippen LogP contribution in [-0.4, -0.2) is 18.2 Å². The lowest BCUT2D eigenvalue weighted by atomic mass is 9.79. The zero-order valence-electron chi connectivity index (χ0n) is 22.7. The molecule has 3 aromatic rings. The quantitative estimate of drug-likeness (QED) is 0.306. The molecular formula is C32H36F2O4. The highest BCUT2D eigenvalue weighted by Gasteiger charge is 2.30. The van der Waals surface area contributed by atoms with Gasteiger partial charge in [-0.05, 0) is 88.9 Å². The summed E-state index contributed by atoms with van der Waals surface area (Å²) in [4.78, 5) is 10.9. The highest BCUT2D eigenvalue weighted by atomic mass is 19.1. The van der Waals surface area contributed by atoms with Crippen LogP contribution in [0, 0.1) is 17.0 Å². The molecule has 0 amide bonds. The molecule has 0 saturated carbocycles. The van der Waals surface area contributed by atoms with Crippen molar-refractivity contribution in [3.63, 3.8) is 0 Å². The molecule has 3 aromatic carbocycles. The molecule has 0 atom stereocenters. The molecule has 0 spiro atoms. The third kappa shape index (κ3) is 6.80. The van der Waals surface area contributed by atoms with Crippen LogP contribution in [-0.2, 0) is 17.8 Å². The Kier molecular flexibility index (Phi) is 9.67. The van der Waals surface area contributed by atoms with E-state index in [1.165, 1.54) is 12.1 Å². The number of hydrogen-bond acceptors (Lipinski definition) is 3. The minimum Gasteiger partial charge on any atom is -0.497 e. The van der Waals surface area contributed by atoms with Crippen molar-refractivity contribution >= 4 is 11.5 Å². The van der Waals surface area contributed by atoms with E-state index in [-0.39, 0.29) is 30.0 Å². The van der Waals surface area contributed by atoms with E-state index < -0.39 is 11.8 Å². The van der Waals surface area contributed by atoms with Gasteiger partial charge < -0.3 is 14.6 Å². The van der Waals surface area contributed by atoms with Crippen LogP contribution in [0.4, 0.5) is 8.78 Å². The Hall–Kier alpha value is -3.67. The number of allylic oxidation sites excluding steroid dienone is 2. The highest BCUT2D eigenvalue weighted by Crippen LogP contribution is 2.47. The van der Waals surface area contributed by atoms with Gasteiger partial charge in [0.15, 0.2) is 11.6 Å². The van der Waals surface area contributed by atoms with Crippen molar-refractivity contribution in [3.05, 3.63) is 89.0 Å². The van der Waals surface area contributed by atoms with Crippen molar-refractivity contribution in [2.45, 2.75) is 60.0 Å². The lowest BCUT2D eigenvalue weighted by Crippen LogP contribution is -2.10. The highest BCUT2D eigenvalue weighted by molar-refractivity contribution is 5.85. The Balaban J connectivity index is 0.00000195. The van der Waals surface area contributed by atoms with Gasteiger partial charge in [0.05, 0.1) is 7.11 Å². The van der Waals surface area contributed by atoms with Gasteiger partial charge in [-0.25, -0.2) is 8.78 Å². The second-order valence-electron chi connectivity index (χ2n) is 9.71. The van der Waals surface area contributed by atoms with Crippen molar-refractivity contribution in [2.75, 3.05) is 7.11 Å². The third-order valence-electron chi connectivity index (χ3n) is 6.70. The Morgan fingerprint density at radius 3 is 2.29 bits per heavy atom. The molecule has 0 fully saturated rings. The van der Waals surface area contributed by atoms with E-state index in [0.717, 1.165) is 35.1 Å². The molecule has 202 valence electrons. The van der Waals surface area contributed by atoms with Gasteiger partial charge in [-0.3, -0.25) is 4.79 Å². The molecule has 0 radical (unpaired) electrons. The molecule has 1 aliphatic rings. The van der Waals surface area contributed by atoms with E-state index in [9.17, 15) is 13.6 Å². The summed E-state index contributed by atoms with van der Waals surface area (Å²) in [7, 11) is 1.55. The van der Waals surface area contributed by atoms with Crippen LogP contribution in [0.3, 0.4) is 0 Å². The van der Waals surface area contributed by atoms with E-state index in [4.69, 9.17) is 14.6 Å². The monoisotopic (exact) mass is 522 g/mol. The van der Waals surface area contributed by atoms with Gasteiger partial charge in [0.1, 0.15) is 18.2 Å². The van der Waals surface area contributed by atoms with Crippen LogP contribution in [0.25, 0.3) is 16.7 Å². The largest absolute Gasteiger partial charge is 0.497 e. The molecule has 0 unspecified atom stereocenters. The maximum atomic E-state index is 14.9. The van der Waals surface area contributed by atoms with Crippen molar-refractivity contribution < 1.29 is 28.2 Å².